The summed E-state index contributed by atoms with van der Waals surface area (Å²) in [4.78, 5) is 26.3. The summed E-state index contributed by atoms with van der Waals surface area (Å²) >= 11 is 1.24. The van der Waals surface area contributed by atoms with Gasteiger partial charge in [-0.3, -0.25) is 14.2 Å². The van der Waals surface area contributed by atoms with Gasteiger partial charge in [-0.2, -0.15) is 0 Å². The molecule has 1 atom stereocenters. The predicted octanol–water partition coefficient (Wildman–Crippen LogP) is 1.98. The third kappa shape index (κ3) is 3.03. The number of hydrogen-bond donors (Lipinski definition) is 2. The van der Waals surface area contributed by atoms with Gasteiger partial charge in [0.25, 0.3) is 11.5 Å². The topological polar surface area (TPSA) is 88.6 Å². The molecule has 0 bridgehead atoms. The van der Waals surface area contributed by atoms with E-state index in [1.165, 1.54) is 28.6 Å². The first-order valence-electron chi connectivity index (χ1n) is 7.36. The normalized spacial score (nSPS) is 17.4. The van der Waals surface area contributed by atoms with Crippen LogP contribution in [0, 0.1) is 0 Å². The van der Waals surface area contributed by atoms with Gasteiger partial charge in [-0.05, 0) is 18.6 Å². The number of amides is 1. The molecule has 0 saturated heterocycles. The number of aromatic nitrogens is 1. The minimum absolute atomic E-state index is 0.0892. The minimum atomic E-state index is -0.509. The SMILES string of the molecule is CC1=C(C(N)=O)SC(n2ccc(O)cc2=O)N1Cc1ccccc1. The lowest BCUT2D eigenvalue weighted by Crippen LogP contribution is -2.31. The van der Waals surface area contributed by atoms with Crippen molar-refractivity contribution < 1.29 is 9.90 Å². The zero-order valence-electron chi connectivity index (χ0n) is 13.0. The number of pyridine rings is 1. The molecule has 3 N–H and O–H groups in total. The number of primary amides is 1. The molecule has 1 aromatic carbocycles. The molecule has 3 rings (SSSR count). The Balaban J connectivity index is 2.01. The van der Waals surface area contributed by atoms with Crippen LogP contribution < -0.4 is 11.3 Å². The van der Waals surface area contributed by atoms with E-state index in [9.17, 15) is 14.7 Å². The minimum Gasteiger partial charge on any atom is -0.508 e. The highest BCUT2D eigenvalue weighted by Crippen LogP contribution is 2.44. The van der Waals surface area contributed by atoms with Crippen LogP contribution in [0.1, 0.15) is 18.0 Å². The summed E-state index contributed by atoms with van der Waals surface area (Å²) in [6, 6.07) is 12.4. The number of hydrogen-bond acceptors (Lipinski definition) is 5. The molecule has 1 aromatic heterocycles. The van der Waals surface area contributed by atoms with Crippen LogP contribution in [-0.2, 0) is 11.3 Å². The maximum Gasteiger partial charge on any atom is 0.257 e. The molecular formula is C17H17N3O3S. The van der Waals surface area contributed by atoms with Crippen LogP contribution >= 0.6 is 11.8 Å². The monoisotopic (exact) mass is 343 g/mol. The number of carbonyl (C=O) groups is 1. The van der Waals surface area contributed by atoms with E-state index in [4.69, 9.17) is 5.73 Å². The van der Waals surface area contributed by atoms with Crippen molar-refractivity contribution in [2.24, 2.45) is 5.73 Å². The molecule has 0 fully saturated rings. The predicted molar refractivity (Wildman–Crippen MR) is 92.9 cm³/mol. The first-order chi connectivity index (χ1) is 11.5. The number of allylic oxidation sites excluding steroid dienone is 1. The molecule has 2 aromatic rings. The molecule has 1 unspecified atom stereocenters. The number of nitrogens with two attached hydrogens (primary N) is 1. The van der Waals surface area contributed by atoms with Crippen LogP contribution in [0.15, 0.2) is 64.1 Å². The van der Waals surface area contributed by atoms with E-state index in [2.05, 4.69) is 0 Å². The van der Waals surface area contributed by atoms with Gasteiger partial charge in [0, 0.05) is 24.5 Å². The Kier molecular flexibility index (Phi) is 4.35. The lowest BCUT2D eigenvalue weighted by molar-refractivity contribution is -0.114. The van der Waals surface area contributed by atoms with E-state index in [1.54, 1.807) is 0 Å². The van der Waals surface area contributed by atoms with Gasteiger partial charge < -0.3 is 15.7 Å². The van der Waals surface area contributed by atoms with Gasteiger partial charge in [-0.15, -0.1) is 0 Å². The third-order valence-corrected chi connectivity index (χ3v) is 5.26. The molecule has 124 valence electrons. The van der Waals surface area contributed by atoms with Gasteiger partial charge in [0.2, 0.25) is 0 Å². The number of nitrogens with zero attached hydrogens (tertiary/aromatic N) is 2. The van der Waals surface area contributed by atoms with Gasteiger partial charge in [0.1, 0.15) is 5.75 Å². The van der Waals surface area contributed by atoms with Crippen molar-refractivity contribution in [2.45, 2.75) is 19.0 Å². The molecule has 6 nitrogen and oxygen atoms in total. The number of thioether (sulfide) groups is 1. The van der Waals surface area contributed by atoms with Gasteiger partial charge in [0.05, 0.1) is 4.91 Å². The molecule has 0 aliphatic carbocycles. The van der Waals surface area contributed by atoms with Crippen molar-refractivity contribution in [2.75, 3.05) is 0 Å². The third-order valence-electron chi connectivity index (χ3n) is 3.84. The van der Waals surface area contributed by atoms with Gasteiger partial charge in [0.15, 0.2) is 5.50 Å². The highest BCUT2D eigenvalue weighted by Gasteiger charge is 2.34. The molecule has 7 heteroatoms. The van der Waals surface area contributed by atoms with E-state index in [0.29, 0.717) is 11.4 Å². The van der Waals surface area contributed by atoms with Crippen LogP contribution in [0.25, 0.3) is 0 Å². The fourth-order valence-electron chi connectivity index (χ4n) is 2.63. The van der Waals surface area contributed by atoms with Crippen molar-refractivity contribution in [1.29, 1.82) is 0 Å². The lowest BCUT2D eigenvalue weighted by Gasteiger charge is -2.29. The zero-order valence-corrected chi connectivity index (χ0v) is 13.9. The Labute approximate surface area is 143 Å². The summed E-state index contributed by atoms with van der Waals surface area (Å²) in [6.07, 6.45) is 1.52. The summed E-state index contributed by atoms with van der Waals surface area (Å²) < 4.78 is 1.48. The molecule has 2 heterocycles. The summed E-state index contributed by atoms with van der Waals surface area (Å²) in [7, 11) is 0. The van der Waals surface area contributed by atoms with Crippen LogP contribution in [0.5, 0.6) is 5.75 Å². The molecule has 0 radical (unpaired) electrons. The van der Waals surface area contributed by atoms with Gasteiger partial charge >= 0.3 is 0 Å². The largest absolute Gasteiger partial charge is 0.508 e. The van der Waals surface area contributed by atoms with E-state index in [0.717, 1.165) is 17.3 Å². The van der Waals surface area contributed by atoms with Crippen LogP contribution in [0.3, 0.4) is 0 Å². The second-order valence-corrected chi connectivity index (χ2v) is 6.53. The summed E-state index contributed by atoms with van der Waals surface area (Å²) in [5.74, 6) is -0.599. The average Bonchev–Trinajstić information content (AvgIpc) is 2.86. The van der Waals surface area contributed by atoms with Crippen molar-refractivity contribution in [3.05, 3.63) is 75.2 Å². The maximum atomic E-state index is 12.2. The molecule has 0 spiro atoms. The Hall–Kier alpha value is -2.67. The molecule has 1 amide bonds. The van der Waals surface area contributed by atoms with Crippen LogP contribution in [0.2, 0.25) is 0 Å². The quantitative estimate of drug-likeness (QED) is 0.886. The Morgan fingerprint density at radius 2 is 2.00 bits per heavy atom. The van der Waals surface area contributed by atoms with Gasteiger partial charge in [-0.1, -0.05) is 42.1 Å². The fraction of sp³-hybridized carbons (Fsp3) is 0.176. The van der Waals surface area contributed by atoms with Crippen molar-refractivity contribution in [3.63, 3.8) is 0 Å². The van der Waals surface area contributed by atoms with Crippen molar-refractivity contribution in [1.82, 2.24) is 9.47 Å². The Morgan fingerprint density at radius 3 is 2.62 bits per heavy atom. The average molecular weight is 343 g/mol. The first kappa shape index (κ1) is 16.2. The van der Waals surface area contributed by atoms with Crippen molar-refractivity contribution in [3.8, 4) is 5.75 Å². The zero-order chi connectivity index (χ0) is 17.3. The van der Waals surface area contributed by atoms with E-state index in [1.807, 2.05) is 42.2 Å². The summed E-state index contributed by atoms with van der Waals surface area (Å²) in [5.41, 5.74) is 6.49. The summed E-state index contributed by atoms with van der Waals surface area (Å²) in [5, 5.41) is 9.46. The number of aromatic hydroxyl groups is 1. The van der Waals surface area contributed by atoms with Crippen LogP contribution in [0.4, 0.5) is 0 Å². The molecule has 1 aliphatic heterocycles. The molecular weight excluding hydrogens is 326 g/mol. The lowest BCUT2D eigenvalue weighted by atomic mass is 10.2. The summed E-state index contributed by atoms with van der Waals surface area (Å²) in [6.45, 7) is 2.36. The smallest absolute Gasteiger partial charge is 0.257 e. The Morgan fingerprint density at radius 1 is 1.29 bits per heavy atom. The van der Waals surface area contributed by atoms with Crippen LogP contribution in [-0.4, -0.2) is 20.5 Å². The number of benzene rings is 1. The standard InChI is InChI=1S/C17H17N3O3S/c1-11-15(16(18)23)24-17(19-8-7-13(21)9-14(19)22)20(11)10-12-5-3-2-4-6-12/h2-9,17,21H,10H2,1H3,(H2,18,23). The van der Waals surface area contributed by atoms with E-state index in [-0.39, 0.29) is 11.3 Å². The van der Waals surface area contributed by atoms with E-state index < -0.39 is 11.4 Å². The molecule has 24 heavy (non-hydrogen) atoms. The number of carbonyl (C=O) groups excluding carboxylic acids is 1. The first-order valence-corrected chi connectivity index (χ1v) is 8.24. The highest BCUT2D eigenvalue weighted by atomic mass is 32.2. The van der Waals surface area contributed by atoms with Gasteiger partial charge in [-0.25, -0.2) is 0 Å². The number of rotatable bonds is 4. The maximum absolute atomic E-state index is 12.2. The van der Waals surface area contributed by atoms with Crippen molar-refractivity contribution >= 4 is 17.7 Å². The fourth-order valence-corrected chi connectivity index (χ4v) is 3.89. The Bertz CT molecular complexity index is 861. The highest BCUT2D eigenvalue weighted by molar-refractivity contribution is 8.04. The molecule has 1 aliphatic rings. The second kappa shape index (κ2) is 6.45. The second-order valence-electron chi connectivity index (χ2n) is 5.47. The molecule has 0 saturated carbocycles. The van der Waals surface area contributed by atoms with E-state index >= 15 is 0 Å².